The van der Waals surface area contributed by atoms with E-state index >= 15 is 0 Å². The second kappa shape index (κ2) is 6.19. The predicted molar refractivity (Wildman–Crippen MR) is 74.7 cm³/mol. The summed E-state index contributed by atoms with van der Waals surface area (Å²) in [5, 5.41) is 0. The lowest BCUT2D eigenvalue weighted by Crippen LogP contribution is -2.55. The predicted octanol–water partition coefficient (Wildman–Crippen LogP) is 1.55. The van der Waals surface area contributed by atoms with Gasteiger partial charge in [-0.05, 0) is 13.3 Å². The van der Waals surface area contributed by atoms with Crippen LogP contribution in [0, 0.1) is 6.92 Å². The van der Waals surface area contributed by atoms with Crippen molar-refractivity contribution in [1.82, 2.24) is 19.8 Å². The number of amides is 1. The molecule has 1 amide bonds. The van der Waals surface area contributed by atoms with Gasteiger partial charge in [-0.25, -0.2) is 4.98 Å². The van der Waals surface area contributed by atoms with Gasteiger partial charge < -0.3 is 9.88 Å². The smallest absolute Gasteiger partial charge is 0.239 e. The summed E-state index contributed by atoms with van der Waals surface area (Å²) in [4.78, 5) is 23.9. The van der Waals surface area contributed by atoms with Gasteiger partial charge in [0, 0.05) is 32.4 Å². The van der Waals surface area contributed by atoms with Crippen LogP contribution in [0.5, 0.6) is 0 Å². The van der Waals surface area contributed by atoms with Crippen molar-refractivity contribution in [2.24, 2.45) is 0 Å². The molecule has 0 aromatic carbocycles. The van der Waals surface area contributed by atoms with Gasteiger partial charge in [0.05, 0.1) is 18.1 Å². The van der Waals surface area contributed by atoms with E-state index in [0.717, 1.165) is 50.3 Å². The van der Waals surface area contributed by atoms with Crippen LogP contribution < -0.4 is 0 Å². The number of hydrogen-bond donors (Lipinski definition) is 1. The molecule has 2 heterocycles. The van der Waals surface area contributed by atoms with Crippen molar-refractivity contribution in [3.63, 3.8) is 0 Å². The molecule has 1 aliphatic heterocycles. The molecule has 0 spiro atoms. The third-order valence-corrected chi connectivity index (χ3v) is 3.94. The van der Waals surface area contributed by atoms with E-state index in [0.29, 0.717) is 0 Å². The Morgan fingerprint density at radius 1 is 1.47 bits per heavy atom. The first-order chi connectivity index (χ1) is 9.13. The Kier molecular flexibility index (Phi) is 4.58. The number of aryl methyl sites for hydroxylation is 1. The van der Waals surface area contributed by atoms with Crippen LogP contribution in [0.25, 0.3) is 0 Å². The molecule has 19 heavy (non-hydrogen) atoms. The van der Waals surface area contributed by atoms with Gasteiger partial charge in [-0.15, -0.1) is 0 Å². The quantitative estimate of drug-likeness (QED) is 0.878. The molecule has 1 aromatic heterocycles. The topological polar surface area (TPSA) is 52.2 Å². The fourth-order valence-corrected chi connectivity index (χ4v) is 2.59. The summed E-state index contributed by atoms with van der Waals surface area (Å²) in [5.41, 5.74) is 2.15. The number of carbonyl (C=O) groups is 1. The Hall–Kier alpha value is -1.36. The van der Waals surface area contributed by atoms with Crippen molar-refractivity contribution in [2.75, 3.05) is 20.1 Å². The summed E-state index contributed by atoms with van der Waals surface area (Å²) in [6.45, 7) is 6.71. The Bertz CT molecular complexity index is 429. The highest BCUT2D eigenvalue weighted by Crippen LogP contribution is 2.19. The molecule has 1 saturated heterocycles. The Morgan fingerprint density at radius 2 is 2.26 bits per heavy atom. The first-order valence-electron chi connectivity index (χ1n) is 7.11. The van der Waals surface area contributed by atoms with Gasteiger partial charge in [-0.2, -0.15) is 0 Å². The number of aromatic nitrogens is 2. The summed E-state index contributed by atoms with van der Waals surface area (Å²) < 4.78 is 0. The van der Waals surface area contributed by atoms with Gasteiger partial charge >= 0.3 is 0 Å². The van der Waals surface area contributed by atoms with E-state index in [4.69, 9.17) is 0 Å². The molecule has 1 fully saturated rings. The number of rotatable bonds is 5. The number of aromatic amines is 1. The zero-order valence-electron chi connectivity index (χ0n) is 12.1. The lowest BCUT2D eigenvalue weighted by Gasteiger charge is -2.39. The molecular weight excluding hydrogens is 240 g/mol. The maximum absolute atomic E-state index is 12.3. The molecule has 1 aromatic rings. The van der Waals surface area contributed by atoms with Crippen LogP contribution in [-0.2, 0) is 11.3 Å². The van der Waals surface area contributed by atoms with Crippen LogP contribution in [0.1, 0.15) is 37.6 Å². The minimum Gasteiger partial charge on any atom is -0.348 e. The van der Waals surface area contributed by atoms with E-state index in [1.165, 1.54) is 0 Å². The number of nitrogens with zero attached hydrogens (tertiary/aromatic N) is 3. The zero-order valence-corrected chi connectivity index (χ0v) is 12.1. The van der Waals surface area contributed by atoms with Crippen molar-refractivity contribution >= 4 is 5.91 Å². The van der Waals surface area contributed by atoms with Gasteiger partial charge in [-0.1, -0.05) is 19.8 Å². The van der Waals surface area contributed by atoms with Crippen LogP contribution in [0.15, 0.2) is 6.33 Å². The highest BCUT2D eigenvalue weighted by Gasteiger charge is 2.32. The molecule has 106 valence electrons. The van der Waals surface area contributed by atoms with E-state index in [2.05, 4.69) is 21.8 Å². The lowest BCUT2D eigenvalue weighted by molar-refractivity contribution is -0.140. The lowest BCUT2D eigenvalue weighted by atomic mass is 10.0. The second-order valence-corrected chi connectivity index (χ2v) is 5.36. The van der Waals surface area contributed by atoms with E-state index in [1.807, 2.05) is 18.9 Å². The van der Waals surface area contributed by atoms with Crippen LogP contribution in [0.2, 0.25) is 0 Å². The molecule has 0 bridgehead atoms. The molecule has 0 aliphatic carbocycles. The number of imidazole rings is 1. The molecule has 0 saturated carbocycles. The highest BCUT2D eigenvalue weighted by molar-refractivity contribution is 5.82. The number of unbranched alkanes of at least 4 members (excludes halogenated alkanes) is 1. The minimum atomic E-state index is 0.0230. The van der Waals surface area contributed by atoms with E-state index < -0.39 is 0 Å². The summed E-state index contributed by atoms with van der Waals surface area (Å²) in [7, 11) is 1.90. The van der Waals surface area contributed by atoms with E-state index in [-0.39, 0.29) is 11.9 Å². The third kappa shape index (κ3) is 3.15. The largest absolute Gasteiger partial charge is 0.348 e. The summed E-state index contributed by atoms with van der Waals surface area (Å²) in [6.07, 6.45) is 4.90. The van der Waals surface area contributed by atoms with Crippen molar-refractivity contribution < 1.29 is 4.79 Å². The van der Waals surface area contributed by atoms with Gasteiger partial charge in [0.2, 0.25) is 5.91 Å². The number of nitrogens with one attached hydrogen (secondary N) is 1. The first kappa shape index (κ1) is 14.1. The summed E-state index contributed by atoms with van der Waals surface area (Å²) in [6, 6.07) is 0.0230. The average Bonchev–Trinajstić information content (AvgIpc) is 2.79. The highest BCUT2D eigenvalue weighted by atomic mass is 16.2. The van der Waals surface area contributed by atoms with E-state index in [9.17, 15) is 4.79 Å². The summed E-state index contributed by atoms with van der Waals surface area (Å²) >= 11 is 0. The minimum absolute atomic E-state index is 0.0230. The van der Waals surface area contributed by atoms with Crippen LogP contribution >= 0.6 is 0 Å². The normalized spacial score (nSPS) is 21.1. The Labute approximate surface area is 115 Å². The van der Waals surface area contributed by atoms with Gasteiger partial charge in [0.1, 0.15) is 0 Å². The average molecular weight is 264 g/mol. The van der Waals surface area contributed by atoms with Gasteiger partial charge in [-0.3, -0.25) is 9.69 Å². The number of H-pyrrole nitrogens is 1. The molecule has 0 unspecified atom stereocenters. The molecule has 1 N–H and O–H groups in total. The van der Waals surface area contributed by atoms with Crippen LogP contribution in [0.3, 0.4) is 0 Å². The maximum atomic E-state index is 12.3. The second-order valence-electron chi connectivity index (χ2n) is 5.36. The van der Waals surface area contributed by atoms with Crippen molar-refractivity contribution in [1.29, 1.82) is 0 Å². The van der Waals surface area contributed by atoms with Crippen LogP contribution in [-0.4, -0.2) is 51.9 Å². The number of carbonyl (C=O) groups excluding carboxylic acids is 1. The van der Waals surface area contributed by atoms with Crippen molar-refractivity contribution in [3.8, 4) is 0 Å². The monoisotopic (exact) mass is 264 g/mol. The summed E-state index contributed by atoms with van der Waals surface area (Å²) in [5.74, 6) is 0.257. The van der Waals surface area contributed by atoms with Gasteiger partial charge in [0.15, 0.2) is 0 Å². The van der Waals surface area contributed by atoms with Gasteiger partial charge in [0.25, 0.3) is 0 Å². The molecule has 0 radical (unpaired) electrons. The number of likely N-dealkylation sites (N-methyl/N-ethyl adjacent to an activating group) is 1. The molecule has 5 heteroatoms. The SMILES string of the molecule is CCCC[C@H]1C(=O)N(C)CCN1Cc1nc[nH]c1C. The fraction of sp³-hybridized carbons (Fsp3) is 0.714. The number of piperazine rings is 1. The molecule has 5 nitrogen and oxygen atoms in total. The first-order valence-corrected chi connectivity index (χ1v) is 7.11. The Morgan fingerprint density at radius 3 is 2.89 bits per heavy atom. The molecular formula is C14H24N4O. The maximum Gasteiger partial charge on any atom is 0.239 e. The standard InChI is InChI=1S/C14H24N4O/c1-4-5-6-13-14(19)17(3)7-8-18(13)9-12-11(2)15-10-16-12/h10,13H,4-9H2,1-3H3,(H,15,16)/t13-/m0/s1. The fourth-order valence-electron chi connectivity index (χ4n) is 2.59. The third-order valence-electron chi connectivity index (χ3n) is 3.94. The van der Waals surface area contributed by atoms with Crippen molar-refractivity contribution in [3.05, 3.63) is 17.7 Å². The Balaban J connectivity index is 2.07. The van der Waals surface area contributed by atoms with E-state index in [1.54, 1.807) is 6.33 Å². The van der Waals surface area contributed by atoms with Crippen LogP contribution in [0.4, 0.5) is 0 Å². The molecule has 2 rings (SSSR count). The number of hydrogen-bond acceptors (Lipinski definition) is 3. The molecule has 1 aliphatic rings. The molecule has 1 atom stereocenters. The zero-order chi connectivity index (χ0) is 13.8. The van der Waals surface area contributed by atoms with Crippen molar-refractivity contribution in [2.45, 2.75) is 45.7 Å².